The number of carboxylic acid groups (broad SMARTS) is 1. The Labute approximate surface area is 144 Å². The third-order valence-electron chi connectivity index (χ3n) is 3.59. The molecule has 0 aliphatic rings. The van der Waals surface area contributed by atoms with Gasteiger partial charge in [0.05, 0.1) is 12.1 Å². The molecule has 1 heterocycles. The van der Waals surface area contributed by atoms with Crippen molar-refractivity contribution in [3.8, 4) is 5.75 Å². The Balaban J connectivity index is 1.81. The molecule has 0 spiro atoms. The normalized spacial score (nSPS) is 11.8. The van der Waals surface area contributed by atoms with Crippen LogP contribution in [0, 0.1) is 0 Å². The molecule has 0 aliphatic heterocycles. The predicted molar refractivity (Wildman–Crippen MR) is 91.8 cm³/mol. The number of carboxylic acids is 1. The zero-order valence-corrected chi connectivity index (χ0v) is 14.4. The fourth-order valence-electron chi connectivity index (χ4n) is 2.37. The summed E-state index contributed by atoms with van der Waals surface area (Å²) in [5.41, 5.74) is 1.05. The van der Waals surface area contributed by atoms with Crippen LogP contribution < -0.4 is 10.1 Å². The smallest absolute Gasteiger partial charge is 0.355 e. The van der Waals surface area contributed by atoms with Crippen molar-refractivity contribution in [2.24, 2.45) is 0 Å². The topological polar surface area (TPSA) is 88.5 Å². The summed E-state index contributed by atoms with van der Waals surface area (Å²) in [5, 5.41) is 13.9. The number of aromatic nitrogens is 1. The van der Waals surface area contributed by atoms with E-state index in [1.54, 1.807) is 7.11 Å². The van der Waals surface area contributed by atoms with Crippen molar-refractivity contribution in [1.29, 1.82) is 0 Å². The van der Waals surface area contributed by atoms with Crippen LogP contribution in [0.15, 0.2) is 29.6 Å². The number of aromatic carboxylic acids is 1. The van der Waals surface area contributed by atoms with Gasteiger partial charge in [-0.1, -0.05) is 25.1 Å². The molecule has 1 aromatic carbocycles. The van der Waals surface area contributed by atoms with Crippen LogP contribution in [0.4, 0.5) is 0 Å². The lowest BCUT2D eigenvalue weighted by Crippen LogP contribution is -2.26. The maximum atomic E-state index is 12.1. The maximum Gasteiger partial charge on any atom is 0.355 e. The van der Waals surface area contributed by atoms with Crippen molar-refractivity contribution >= 4 is 23.2 Å². The lowest BCUT2D eigenvalue weighted by Gasteiger charge is -2.15. The molecule has 1 aromatic heterocycles. The Morgan fingerprint density at radius 2 is 2.12 bits per heavy atom. The van der Waals surface area contributed by atoms with Crippen molar-refractivity contribution in [3.63, 3.8) is 0 Å². The molecule has 1 unspecified atom stereocenters. The van der Waals surface area contributed by atoms with E-state index in [2.05, 4.69) is 10.3 Å². The molecule has 0 radical (unpaired) electrons. The highest BCUT2D eigenvalue weighted by Crippen LogP contribution is 2.28. The molecule has 0 fully saturated rings. The maximum absolute atomic E-state index is 12.1. The van der Waals surface area contributed by atoms with Crippen molar-refractivity contribution < 1.29 is 19.4 Å². The lowest BCUT2D eigenvalue weighted by atomic mass is 9.96. The van der Waals surface area contributed by atoms with E-state index in [0.29, 0.717) is 24.4 Å². The molecular formula is C17H20N2O4S. The minimum Gasteiger partial charge on any atom is -0.496 e. The van der Waals surface area contributed by atoms with Crippen LogP contribution in [0.25, 0.3) is 0 Å². The molecule has 2 rings (SSSR count). The Morgan fingerprint density at radius 3 is 2.79 bits per heavy atom. The number of nitrogens with one attached hydrogen (secondary N) is 1. The molecule has 2 aromatic rings. The number of hydrogen-bond acceptors (Lipinski definition) is 5. The standard InChI is InChI=1S/C17H20N2O4S/c1-11(12-5-3-4-6-14(12)23-2)9-15(20)18-8-7-16-19-13(10-24-16)17(21)22/h3-6,10-11H,7-9H2,1-2H3,(H,18,20)(H,21,22). The first kappa shape index (κ1) is 17.9. The zero-order chi connectivity index (χ0) is 17.5. The number of benzene rings is 1. The van der Waals surface area contributed by atoms with E-state index >= 15 is 0 Å². The van der Waals surface area contributed by atoms with E-state index in [-0.39, 0.29) is 17.5 Å². The van der Waals surface area contributed by atoms with Gasteiger partial charge in [-0.3, -0.25) is 4.79 Å². The summed E-state index contributed by atoms with van der Waals surface area (Å²) >= 11 is 1.29. The third kappa shape index (κ3) is 4.79. The fourth-order valence-corrected chi connectivity index (χ4v) is 3.14. The summed E-state index contributed by atoms with van der Waals surface area (Å²) < 4.78 is 5.32. The van der Waals surface area contributed by atoms with E-state index in [1.807, 2.05) is 31.2 Å². The molecule has 7 heteroatoms. The summed E-state index contributed by atoms with van der Waals surface area (Å²) in [6.07, 6.45) is 0.880. The Hall–Kier alpha value is -2.41. The first-order valence-electron chi connectivity index (χ1n) is 7.58. The van der Waals surface area contributed by atoms with Gasteiger partial charge >= 0.3 is 5.97 Å². The zero-order valence-electron chi connectivity index (χ0n) is 13.6. The number of methoxy groups -OCH3 is 1. The number of rotatable bonds is 8. The largest absolute Gasteiger partial charge is 0.496 e. The molecule has 6 nitrogen and oxygen atoms in total. The minimum absolute atomic E-state index is 0.0413. The molecular weight excluding hydrogens is 328 g/mol. The molecule has 1 amide bonds. The number of hydrogen-bond donors (Lipinski definition) is 2. The van der Waals surface area contributed by atoms with Gasteiger partial charge in [-0.05, 0) is 17.5 Å². The van der Waals surface area contributed by atoms with Gasteiger partial charge in [0.15, 0.2) is 5.69 Å². The van der Waals surface area contributed by atoms with Gasteiger partial charge in [0.2, 0.25) is 5.91 Å². The first-order chi connectivity index (χ1) is 11.5. The number of amides is 1. The number of carbonyl (C=O) groups is 2. The van der Waals surface area contributed by atoms with E-state index in [4.69, 9.17) is 9.84 Å². The number of thiazole rings is 1. The lowest BCUT2D eigenvalue weighted by molar-refractivity contribution is -0.121. The van der Waals surface area contributed by atoms with Crippen LogP contribution in [0.2, 0.25) is 0 Å². The van der Waals surface area contributed by atoms with Crippen molar-refractivity contribution in [2.45, 2.75) is 25.7 Å². The van der Waals surface area contributed by atoms with Gasteiger partial charge in [-0.15, -0.1) is 11.3 Å². The van der Waals surface area contributed by atoms with E-state index in [1.165, 1.54) is 16.7 Å². The van der Waals surface area contributed by atoms with Crippen LogP contribution in [0.1, 0.15) is 40.3 Å². The Bertz CT molecular complexity index is 714. The number of para-hydroxylation sites is 1. The molecule has 2 N–H and O–H groups in total. The minimum atomic E-state index is -1.04. The number of ether oxygens (including phenoxy) is 1. The highest BCUT2D eigenvalue weighted by Gasteiger charge is 2.15. The highest BCUT2D eigenvalue weighted by molar-refractivity contribution is 7.09. The van der Waals surface area contributed by atoms with Crippen LogP contribution in [-0.2, 0) is 11.2 Å². The van der Waals surface area contributed by atoms with Crippen molar-refractivity contribution in [1.82, 2.24) is 10.3 Å². The highest BCUT2D eigenvalue weighted by atomic mass is 32.1. The SMILES string of the molecule is COc1ccccc1C(C)CC(=O)NCCc1nc(C(=O)O)cs1. The van der Waals surface area contributed by atoms with Gasteiger partial charge in [0.1, 0.15) is 5.75 Å². The quantitative estimate of drug-likeness (QED) is 0.766. The van der Waals surface area contributed by atoms with Crippen molar-refractivity contribution in [3.05, 3.63) is 45.9 Å². The summed E-state index contributed by atoms with van der Waals surface area (Å²) in [6, 6.07) is 7.66. The Kier molecular flexibility index (Phi) is 6.31. The first-order valence-corrected chi connectivity index (χ1v) is 8.46. The molecule has 128 valence electrons. The molecule has 24 heavy (non-hydrogen) atoms. The summed E-state index contributed by atoms with van der Waals surface area (Å²) in [4.78, 5) is 26.8. The molecule has 0 bridgehead atoms. The van der Waals surface area contributed by atoms with Gasteiger partial charge in [-0.25, -0.2) is 9.78 Å². The second-order valence-electron chi connectivity index (χ2n) is 5.38. The van der Waals surface area contributed by atoms with Crippen LogP contribution in [0.5, 0.6) is 5.75 Å². The van der Waals surface area contributed by atoms with Gasteiger partial charge < -0.3 is 15.2 Å². The van der Waals surface area contributed by atoms with Crippen LogP contribution in [-0.4, -0.2) is 35.6 Å². The van der Waals surface area contributed by atoms with Gasteiger partial charge in [0, 0.05) is 24.8 Å². The summed E-state index contributed by atoms with van der Waals surface area (Å²) in [5.74, 6) is -0.267. The molecule has 0 saturated heterocycles. The fraction of sp³-hybridized carbons (Fsp3) is 0.353. The van der Waals surface area contributed by atoms with Crippen LogP contribution in [0.3, 0.4) is 0 Å². The average molecular weight is 348 g/mol. The van der Waals surface area contributed by atoms with Gasteiger partial charge in [0.25, 0.3) is 0 Å². The monoisotopic (exact) mass is 348 g/mol. The van der Waals surface area contributed by atoms with Crippen LogP contribution >= 0.6 is 11.3 Å². The predicted octanol–water partition coefficient (Wildman–Crippen LogP) is 2.70. The Morgan fingerprint density at radius 1 is 1.38 bits per heavy atom. The van der Waals surface area contributed by atoms with Crippen molar-refractivity contribution in [2.75, 3.05) is 13.7 Å². The summed E-state index contributed by atoms with van der Waals surface area (Å²) in [7, 11) is 1.62. The molecule has 0 saturated carbocycles. The van der Waals surface area contributed by atoms with E-state index in [9.17, 15) is 9.59 Å². The second kappa shape index (κ2) is 8.44. The second-order valence-corrected chi connectivity index (χ2v) is 6.32. The van der Waals surface area contributed by atoms with E-state index < -0.39 is 5.97 Å². The number of nitrogens with zero attached hydrogens (tertiary/aromatic N) is 1. The third-order valence-corrected chi connectivity index (χ3v) is 4.50. The number of carbonyl (C=O) groups excluding carboxylic acids is 1. The molecule has 0 aliphatic carbocycles. The summed E-state index contributed by atoms with van der Waals surface area (Å²) in [6.45, 7) is 2.42. The molecule has 1 atom stereocenters. The van der Waals surface area contributed by atoms with Gasteiger partial charge in [-0.2, -0.15) is 0 Å². The van der Waals surface area contributed by atoms with E-state index in [0.717, 1.165) is 11.3 Å². The average Bonchev–Trinajstić information content (AvgIpc) is 3.04.